The quantitative estimate of drug-likeness (QED) is 0.381. The molecule has 152 valence electrons. The van der Waals surface area contributed by atoms with Crippen molar-refractivity contribution in [1.29, 1.82) is 0 Å². The summed E-state index contributed by atoms with van der Waals surface area (Å²) in [7, 11) is 1.65. The fraction of sp³-hybridized carbons (Fsp3) is 0.174. The van der Waals surface area contributed by atoms with Crippen LogP contribution in [-0.4, -0.2) is 17.8 Å². The molecule has 4 nitrogen and oxygen atoms in total. The molecule has 0 saturated carbocycles. The first-order valence-corrected chi connectivity index (χ1v) is 11.0. The zero-order valence-corrected chi connectivity index (χ0v) is 19.2. The second-order valence-electron chi connectivity index (χ2n) is 7.20. The number of hydrogen-bond donors (Lipinski definition) is 0. The van der Waals surface area contributed by atoms with Crippen LogP contribution >= 0.6 is 31.9 Å². The highest BCUT2D eigenvalue weighted by atomic mass is 79.9. The lowest BCUT2D eigenvalue weighted by molar-refractivity contribution is -0.0191. The molecular formula is C23H17Br2FN2O2. The van der Waals surface area contributed by atoms with E-state index < -0.39 is 6.23 Å². The van der Waals surface area contributed by atoms with Gasteiger partial charge in [-0.25, -0.2) is 9.40 Å². The SMILES string of the molecule is COc1ccc(C2=NN3[C@H](C2)c2cc(Br)ccc2O[C@@H]3c2ccc(F)c(Br)c2)cc1. The van der Waals surface area contributed by atoms with Crippen LogP contribution in [0.15, 0.2) is 74.7 Å². The molecule has 0 aliphatic carbocycles. The van der Waals surface area contributed by atoms with Crippen molar-refractivity contribution in [3.63, 3.8) is 0 Å². The number of halogens is 3. The molecule has 0 fully saturated rings. The predicted molar refractivity (Wildman–Crippen MR) is 120 cm³/mol. The average molecular weight is 532 g/mol. The largest absolute Gasteiger partial charge is 0.497 e. The van der Waals surface area contributed by atoms with Gasteiger partial charge in [-0.2, -0.15) is 5.10 Å². The molecule has 2 aliphatic heterocycles. The van der Waals surface area contributed by atoms with E-state index in [1.54, 1.807) is 19.2 Å². The zero-order chi connectivity index (χ0) is 20.8. The van der Waals surface area contributed by atoms with E-state index in [0.29, 0.717) is 4.47 Å². The van der Waals surface area contributed by atoms with Crippen LogP contribution in [-0.2, 0) is 0 Å². The Kier molecular flexibility index (Phi) is 5.03. The van der Waals surface area contributed by atoms with Crippen LogP contribution in [0.4, 0.5) is 4.39 Å². The van der Waals surface area contributed by atoms with Crippen molar-refractivity contribution >= 4 is 37.6 Å². The summed E-state index contributed by atoms with van der Waals surface area (Å²) in [6.07, 6.45) is 0.300. The van der Waals surface area contributed by atoms with E-state index in [2.05, 4.69) is 37.9 Å². The Labute approximate surface area is 190 Å². The zero-order valence-electron chi connectivity index (χ0n) is 16.0. The van der Waals surface area contributed by atoms with Gasteiger partial charge in [-0.15, -0.1) is 0 Å². The van der Waals surface area contributed by atoms with E-state index in [1.165, 1.54) is 6.07 Å². The summed E-state index contributed by atoms with van der Waals surface area (Å²) in [5.74, 6) is 1.32. The van der Waals surface area contributed by atoms with Gasteiger partial charge in [0, 0.05) is 22.0 Å². The molecule has 3 aromatic carbocycles. The highest BCUT2D eigenvalue weighted by Gasteiger charge is 2.41. The van der Waals surface area contributed by atoms with E-state index in [9.17, 15) is 4.39 Å². The van der Waals surface area contributed by atoms with Gasteiger partial charge < -0.3 is 9.47 Å². The van der Waals surface area contributed by atoms with Crippen LogP contribution in [0.2, 0.25) is 0 Å². The van der Waals surface area contributed by atoms with Gasteiger partial charge in [0.2, 0.25) is 6.23 Å². The topological polar surface area (TPSA) is 34.1 Å². The monoisotopic (exact) mass is 530 g/mol. The molecule has 0 spiro atoms. The number of ether oxygens (including phenoxy) is 2. The van der Waals surface area contributed by atoms with Crippen LogP contribution in [0, 0.1) is 5.82 Å². The number of nitrogens with zero attached hydrogens (tertiary/aromatic N) is 2. The van der Waals surface area contributed by atoms with Crippen LogP contribution in [0.5, 0.6) is 11.5 Å². The molecule has 30 heavy (non-hydrogen) atoms. The number of benzene rings is 3. The maximum Gasteiger partial charge on any atom is 0.213 e. The second-order valence-corrected chi connectivity index (χ2v) is 8.97. The first-order valence-electron chi connectivity index (χ1n) is 9.45. The van der Waals surface area contributed by atoms with Crippen molar-refractivity contribution in [2.45, 2.75) is 18.7 Å². The number of hydrazone groups is 1. The summed E-state index contributed by atoms with van der Waals surface area (Å²) >= 11 is 6.85. The lowest BCUT2D eigenvalue weighted by Gasteiger charge is -2.38. The van der Waals surface area contributed by atoms with Gasteiger partial charge in [-0.05, 0) is 76.1 Å². The standard InChI is InChI=1S/C23H17Br2FN2O2/c1-29-16-6-2-13(3-7-16)20-12-21-17-11-15(24)5-9-22(17)30-23(28(21)27-20)14-4-8-19(26)18(25)10-14/h2-11,21,23H,12H2,1H3/t21-,23-/m1/s1. The van der Waals surface area contributed by atoms with Crippen molar-refractivity contribution in [3.8, 4) is 11.5 Å². The van der Waals surface area contributed by atoms with Crippen LogP contribution in [0.3, 0.4) is 0 Å². The summed E-state index contributed by atoms with van der Waals surface area (Å²) in [4.78, 5) is 0. The second kappa shape index (κ2) is 7.71. The molecule has 0 N–H and O–H groups in total. The van der Waals surface area contributed by atoms with Gasteiger partial charge in [0.25, 0.3) is 0 Å². The molecule has 7 heteroatoms. The molecule has 2 atom stereocenters. The smallest absolute Gasteiger partial charge is 0.213 e. The minimum absolute atomic E-state index is 0.0252. The molecule has 0 unspecified atom stereocenters. The minimum Gasteiger partial charge on any atom is -0.497 e. The summed E-state index contributed by atoms with van der Waals surface area (Å²) < 4.78 is 26.8. The maximum atomic E-state index is 13.8. The lowest BCUT2D eigenvalue weighted by atomic mass is 9.96. The third-order valence-corrected chi connectivity index (χ3v) is 6.50. The predicted octanol–water partition coefficient (Wildman–Crippen LogP) is 6.60. The maximum absolute atomic E-state index is 13.8. The third kappa shape index (κ3) is 3.40. The van der Waals surface area contributed by atoms with Crippen molar-refractivity contribution in [2.75, 3.05) is 7.11 Å². The molecule has 0 bridgehead atoms. The first kappa shape index (κ1) is 19.6. The van der Waals surface area contributed by atoms with Gasteiger partial charge in [-0.1, -0.05) is 22.0 Å². The van der Waals surface area contributed by atoms with Crippen LogP contribution in [0.1, 0.15) is 35.4 Å². The number of methoxy groups -OCH3 is 1. The molecule has 0 radical (unpaired) electrons. The van der Waals surface area contributed by atoms with Gasteiger partial charge in [0.15, 0.2) is 0 Å². The molecule has 2 aliphatic rings. The Morgan fingerprint density at radius 3 is 2.60 bits per heavy atom. The Bertz CT molecular complexity index is 1150. The molecule has 0 aromatic heterocycles. The lowest BCUT2D eigenvalue weighted by Crippen LogP contribution is -2.33. The van der Waals surface area contributed by atoms with E-state index in [0.717, 1.165) is 44.8 Å². The number of hydrogen-bond acceptors (Lipinski definition) is 4. The van der Waals surface area contributed by atoms with Gasteiger partial charge >= 0.3 is 0 Å². The summed E-state index contributed by atoms with van der Waals surface area (Å²) in [5.41, 5.74) is 3.93. The van der Waals surface area contributed by atoms with Crippen molar-refractivity contribution in [1.82, 2.24) is 5.01 Å². The fourth-order valence-corrected chi connectivity index (χ4v) is 4.68. The van der Waals surface area contributed by atoms with E-state index >= 15 is 0 Å². The minimum atomic E-state index is -0.448. The Morgan fingerprint density at radius 2 is 1.87 bits per heavy atom. The highest BCUT2D eigenvalue weighted by Crippen LogP contribution is 2.48. The number of rotatable bonds is 3. The molecule has 0 saturated heterocycles. The molecule has 2 heterocycles. The van der Waals surface area contributed by atoms with Gasteiger partial charge in [0.1, 0.15) is 17.3 Å². The van der Waals surface area contributed by atoms with Crippen molar-refractivity contribution < 1.29 is 13.9 Å². The van der Waals surface area contributed by atoms with Crippen molar-refractivity contribution in [3.05, 3.63) is 92.1 Å². The van der Waals surface area contributed by atoms with Gasteiger partial charge in [0.05, 0.1) is 23.3 Å². The summed E-state index contributed by atoms with van der Waals surface area (Å²) in [5, 5.41) is 6.91. The van der Waals surface area contributed by atoms with Crippen LogP contribution < -0.4 is 9.47 Å². The van der Waals surface area contributed by atoms with Crippen LogP contribution in [0.25, 0.3) is 0 Å². The van der Waals surface area contributed by atoms with Crippen molar-refractivity contribution in [2.24, 2.45) is 5.10 Å². The summed E-state index contributed by atoms with van der Waals surface area (Å²) in [6.45, 7) is 0. The third-order valence-electron chi connectivity index (χ3n) is 5.40. The van der Waals surface area contributed by atoms with E-state index in [4.69, 9.17) is 14.6 Å². The van der Waals surface area contributed by atoms with E-state index in [-0.39, 0.29) is 11.9 Å². The van der Waals surface area contributed by atoms with Gasteiger partial charge in [-0.3, -0.25) is 0 Å². The molecule has 0 amide bonds. The highest BCUT2D eigenvalue weighted by molar-refractivity contribution is 9.10. The average Bonchev–Trinajstić information content (AvgIpc) is 3.21. The normalized spacial score (nSPS) is 19.6. The molecule has 5 rings (SSSR count). The number of fused-ring (bicyclic) bond motifs is 3. The Hall–Kier alpha value is -2.38. The Morgan fingerprint density at radius 1 is 1.07 bits per heavy atom. The molecular weight excluding hydrogens is 515 g/mol. The molecule has 3 aromatic rings. The summed E-state index contributed by atoms with van der Waals surface area (Å²) in [6, 6.07) is 18.9. The first-order chi connectivity index (χ1) is 14.5. The van der Waals surface area contributed by atoms with E-state index in [1.807, 2.05) is 41.4 Å². The Balaban J connectivity index is 1.58. The fourth-order valence-electron chi connectivity index (χ4n) is 3.90.